The molecule has 0 unspecified atom stereocenters. The van der Waals surface area contributed by atoms with E-state index in [-0.39, 0.29) is 0 Å². The summed E-state index contributed by atoms with van der Waals surface area (Å²) < 4.78 is 0.991. The molecule has 0 atom stereocenters. The van der Waals surface area contributed by atoms with Crippen LogP contribution >= 0.6 is 15.9 Å². The van der Waals surface area contributed by atoms with Gasteiger partial charge in [0.2, 0.25) is 0 Å². The number of hydrogen-bond donors (Lipinski definition) is 0. The van der Waals surface area contributed by atoms with Gasteiger partial charge in [-0.15, -0.1) is 0 Å². The molecule has 0 spiro atoms. The Hall–Kier alpha value is -2.05. The van der Waals surface area contributed by atoms with Crippen molar-refractivity contribution in [3.8, 4) is 11.8 Å². The molecule has 0 heterocycles. The molecule has 0 aliphatic heterocycles. The Morgan fingerprint density at radius 3 is 2.37 bits per heavy atom. The zero-order chi connectivity index (χ0) is 13.5. The van der Waals surface area contributed by atoms with E-state index in [1.54, 1.807) is 6.21 Å². The van der Waals surface area contributed by atoms with Crippen molar-refractivity contribution in [1.29, 1.82) is 0 Å². The first kappa shape index (κ1) is 13.4. The lowest BCUT2D eigenvalue weighted by Crippen LogP contribution is -1.88. The third-order valence-corrected chi connectivity index (χ3v) is 3.16. The summed E-state index contributed by atoms with van der Waals surface area (Å²) >= 11 is 3.48. The van der Waals surface area contributed by atoms with Gasteiger partial charge in [-0.05, 0) is 34.1 Å². The molecule has 0 N–H and O–H groups in total. The number of oxime groups is 1. The molecule has 0 bridgehead atoms. The minimum absolute atomic E-state index is 0.916. The minimum Gasteiger partial charge on any atom is -0.399 e. The second kappa shape index (κ2) is 6.77. The number of nitrogens with zero attached hydrogens (tertiary/aromatic N) is 1. The van der Waals surface area contributed by atoms with Gasteiger partial charge in [-0.1, -0.05) is 47.3 Å². The molecule has 2 rings (SSSR count). The van der Waals surface area contributed by atoms with Gasteiger partial charge in [0.25, 0.3) is 0 Å². The van der Waals surface area contributed by atoms with Gasteiger partial charge in [0, 0.05) is 21.2 Å². The fraction of sp³-hybridized carbons (Fsp3) is 0.0625. The van der Waals surface area contributed by atoms with Crippen LogP contribution in [0.2, 0.25) is 0 Å². The monoisotopic (exact) mass is 313 g/mol. The van der Waals surface area contributed by atoms with E-state index in [9.17, 15) is 0 Å². The van der Waals surface area contributed by atoms with Crippen molar-refractivity contribution < 1.29 is 4.84 Å². The smallest absolute Gasteiger partial charge is 0.106 e. The summed E-state index contributed by atoms with van der Waals surface area (Å²) in [6.07, 6.45) is 1.66. The van der Waals surface area contributed by atoms with Crippen molar-refractivity contribution in [3.63, 3.8) is 0 Å². The highest BCUT2D eigenvalue weighted by Gasteiger charge is 1.96. The average molecular weight is 314 g/mol. The lowest BCUT2D eigenvalue weighted by atomic mass is 10.1. The van der Waals surface area contributed by atoms with Crippen LogP contribution < -0.4 is 0 Å². The summed E-state index contributed by atoms with van der Waals surface area (Å²) in [5, 5.41) is 3.77. The molecule has 0 aliphatic carbocycles. The van der Waals surface area contributed by atoms with Crippen LogP contribution in [0, 0.1) is 11.8 Å². The van der Waals surface area contributed by atoms with E-state index in [2.05, 4.69) is 32.9 Å². The van der Waals surface area contributed by atoms with E-state index in [0.717, 1.165) is 21.2 Å². The Balaban J connectivity index is 2.35. The van der Waals surface area contributed by atoms with Gasteiger partial charge in [0.15, 0.2) is 0 Å². The lowest BCUT2D eigenvalue weighted by molar-refractivity contribution is 0.215. The fourth-order valence-electron chi connectivity index (χ4n) is 1.53. The Morgan fingerprint density at radius 1 is 1.00 bits per heavy atom. The molecule has 0 radical (unpaired) electrons. The molecule has 94 valence electrons. The van der Waals surface area contributed by atoms with Crippen LogP contribution in [0.1, 0.15) is 16.7 Å². The summed E-state index contributed by atoms with van der Waals surface area (Å²) in [7, 11) is 1.52. The zero-order valence-electron chi connectivity index (χ0n) is 10.4. The van der Waals surface area contributed by atoms with E-state index in [1.165, 1.54) is 7.11 Å². The van der Waals surface area contributed by atoms with Crippen LogP contribution in [0.25, 0.3) is 0 Å². The summed E-state index contributed by atoms with van der Waals surface area (Å²) in [4.78, 5) is 4.70. The van der Waals surface area contributed by atoms with E-state index in [4.69, 9.17) is 4.84 Å². The Kier molecular flexibility index (Phi) is 4.77. The quantitative estimate of drug-likeness (QED) is 0.469. The Labute approximate surface area is 121 Å². The topological polar surface area (TPSA) is 21.6 Å². The minimum atomic E-state index is 0.916. The third kappa shape index (κ3) is 3.70. The molecule has 2 aromatic rings. The SMILES string of the molecule is CO/N=C/c1ccccc1C#Cc1ccccc1Br. The van der Waals surface area contributed by atoms with Crippen LogP contribution in [0.5, 0.6) is 0 Å². The van der Waals surface area contributed by atoms with Gasteiger partial charge in [0.05, 0.1) is 6.21 Å². The van der Waals surface area contributed by atoms with Gasteiger partial charge in [-0.2, -0.15) is 0 Å². The molecular formula is C16H12BrNO. The van der Waals surface area contributed by atoms with Crippen molar-refractivity contribution >= 4 is 22.1 Å². The lowest BCUT2D eigenvalue weighted by Gasteiger charge is -1.97. The van der Waals surface area contributed by atoms with Crippen LogP contribution in [0.3, 0.4) is 0 Å². The maximum atomic E-state index is 4.70. The molecule has 0 saturated carbocycles. The number of rotatable bonds is 2. The second-order valence-corrected chi connectivity index (χ2v) is 4.59. The van der Waals surface area contributed by atoms with Crippen LogP contribution in [0.4, 0.5) is 0 Å². The number of halogens is 1. The average Bonchev–Trinajstić information content (AvgIpc) is 2.45. The van der Waals surface area contributed by atoms with Gasteiger partial charge in [-0.25, -0.2) is 0 Å². The summed E-state index contributed by atoms with van der Waals surface area (Å²) in [6, 6.07) is 15.7. The van der Waals surface area contributed by atoms with E-state index >= 15 is 0 Å². The van der Waals surface area contributed by atoms with Crippen molar-refractivity contribution in [2.45, 2.75) is 0 Å². The molecule has 0 fully saturated rings. The fourth-order valence-corrected chi connectivity index (χ4v) is 1.91. The van der Waals surface area contributed by atoms with Gasteiger partial charge in [0.1, 0.15) is 7.11 Å². The Morgan fingerprint density at radius 2 is 1.63 bits per heavy atom. The third-order valence-electron chi connectivity index (χ3n) is 2.46. The van der Waals surface area contributed by atoms with Gasteiger partial charge < -0.3 is 4.84 Å². The van der Waals surface area contributed by atoms with E-state index in [0.29, 0.717) is 0 Å². The molecule has 3 heteroatoms. The highest BCUT2D eigenvalue weighted by molar-refractivity contribution is 9.10. The van der Waals surface area contributed by atoms with E-state index < -0.39 is 0 Å². The number of benzene rings is 2. The van der Waals surface area contributed by atoms with Crippen LogP contribution in [-0.4, -0.2) is 13.3 Å². The standard InChI is InChI=1S/C16H12BrNO/c1-19-18-12-15-8-3-2-6-13(15)10-11-14-7-4-5-9-16(14)17/h2-9,12H,1H3/b18-12+. The van der Waals surface area contributed by atoms with Gasteiger partial charge in [-0.3, -0.25) is 0 Å². The number of hydrogen-bond acceptors (Lipinski definition) is 2. The molecule has 0 aromatic heterocycles. The first-order valence-electron chi connectivity index (χ1n) is 5.73. The molecule has 2 aromatic carbocycles. The predicted octanol–water partition coefficient (Wildman–Crippen LogP) is 3.83. The van der Waals surface area contributed by atoms with E-state index in [1.807, 2.05) is 48.5 Å². The largest absolute Gasteiger partial charge is 0.399 e. The Bertz CT molecular complexity index is 653. The van der Waals surface area contributed by atoms with Gasteiger partial charge >= 0.3 is 0 Å². The predicted molar refractivity (Wildman–Crippen MR) is 81.2 cm³/mol. The van der Waals surface area contributed by atoms with Crippen molar-refractivity contribution in [3.05, 3.63) is 69.7 Å². The van der Waals surface area contributed by atoms with Crippen molar-refractivity contribution in [2.24, 2.45) is 5.16 Å². The molecule has 19 heavy (non-hydrogen) atoms. The van der Waals surface area contributed by atoms with Crippen molar-refractivity contribution in [1.82, 2.24) is 0 Å². The van der Waals surface area contributed by atoms with Crippen LogP contribution in [0.15, 0.2) is 58.2 Å². The first-order chi connectivity index (χ1) is 9.31. The maximum absolute atomic E-state index is 4.70. The molecule has 2 nitrogen and oxygen atoms in total. The van der Waals surface area contributed by atoms with Crippen molar-refractivity contribution in [2.75, 3.05) is 7.11 Å². The normalized spacial score (nSPS) is 10.0. The molecular weight excluding hydrogens is 302 g/mol. The summed E-state index contributed by atoms with van der Waals surface area (Å²) in [5.41, 5.74) is 2.81. The highest BCUT2D eigenvalue weighted by Crippen LogP contribution is 2.14. The zero-order valence-corrected chi connectivity index (χ0v) is 12.0. The maximum Gasteiger partial charge on any atom is 0.106 e. The van der Waals surface area contributed by atoms with Crippen LogP contribution in [-0.2, 0) is 4.84 Å². The summed E-state index contributed by atoms with van der Waals surface area (Å²) in [6.45, 7) is 0. The molecule has 0 saturated heterocycles. The molecule has 0 amide bonds. The summed E-state index contributed by atoms with van der Waals surface area (Å²) in [5.74, 6) is 6.30. The first-order valence-corrected chi connectivity index (χ1v) is 6.52. The molecule has 0 aliphatic rings. The second-order valence-electron chi connectivity index (χ2n) is 3.73. The highest BCUT2D eigenvalue weighted by atomic mass is 79.9.